The average molecular weight is 285 g/mol. The van der Waals surface area contributed by atoms with Gasteiger partial charge in [0.15, 0.2) is 0 Å². The van der Waals surface area contributed by atoms with Gasteiger partial charge in [0.05, 0.1) is 12.7 Å². The van der Waals surface area contributed by atoms with Gasteiger partial charge < -0.3 is 20.1 Å². The van der Waals surface area contributed by atoms with Crippen molar-refractivity contribution < 1.29 is 29.0 Å². The van der Waals surface area contributed by atoms with Crippen LogP contribution in [0, 0.1) is 5.41 Å². The van der Waals surface area contributed by atoms with E-state index in [-0.39, 0.29) is 19.4 Å². The second-order valence-electron chi connectivity index (χ2n) is 6.06. The summed E-state index contributed by atoms with van der Waals surface area (Å²) in [6.45, 7) is 0.572. The van der Waals surface area contributed by atoms with Gasteiger partial charge >= 0.3 is 5.97 Å². The molecule has 0 aromatic rings. The molecule has 0 radical (unpaired) electrons. The lowest BCUT2D eigenvalue weighted by molar-refractivity contribution is -0.150. The molecule has 1 aliphatic heterocycles. The van der Waals surface area contributed by atoms with Crippen molar-refractivity contribution in [2.75, 3.05) is 6.61 Å². The van der Waals surface area contributed by atoms with Crippen molar-refractivity contribution in [2.24, 2.45) is 5.41 Å². The van der Waals surface area contributed by atoms with E-state index >= 15 is 0 Å². The molecule has 2 aliphatic rings. The van der Waals surface area contributed by atoms with E-state index in [9.17, 15) is 15.0 Å². The Morgan fingerprint density at radius 1 is 1.50 bits per heavy atom. The molecular formula is C15H22O5. The number of carbonyl (C=O) groups is 1. The monoisotopic (exact) mass is 285 g/mol. The molecule has 4 atom stereocenters. The van der Waals surface area contributed by atoms with E-state index in [0.717, 1.165) is 6.08 Å². The van der Waals surface area contributed by atoms with Crippen molar-refractivity contribution in [1.29, 1.82) is 0 Å². The Hall–Kier alpha value is -1.17. The molecule has 0 aromatic carbocycles. The lowest BCUT2D eigenvalue weighted by atomic mass is 9.59. The summed E-state index contributed by atoms with van der Waals surface area (Å²) < 4.78 is 29.1. The third-order valence-electron chi connectivity index (χ3n) is 4.32. The number of hydrogen-bond donors (Lipinski definition) is 3. The van der Waals surface area contributed by atoms with E-state index in [1.807, 2.05) is 0 Å². The Morgan fingerprint density at radius 2 is 2.20 bits per heavy atom. The maximum atomic E-state index is 11.3. The van der Waals surface area contributed by atoms with Crippen molar-refractivity contribution in [3.63, 3.8) is 0 Å². The van der Waals surface area contributed by atoms with Crippen LogP contribution in [0.5, 0.6) is 0 Å². The topological polar surface area (TPSA) is 87.0 Å². The molecule has 2 bridgehead atoms. The number of hydrogen-bond acceptors (Lipinski definition) is 4. The fourth-order valence-electron chi connectivity index (χ4n) is 3.17. The minimum Gasteiger partial charge on any atom is -0.478 e. The molecule has 5 nitrogen and oxygen atoms in total. The number of ether oxygens (including phenoxy) is 1. The van der Waals surface area contributed by atoms with Gasteiger partial charge in [0.25, 0.3) is 0 Å². The minimum atomic E-state index is -2.64. The van der Waals surface area contributed by atoms with Crippen molar-refractivity contribution in [1.82, 2.24) is 0 Å². The Kier molecular flexibility index (Phi) is 2.69. The molecule has 2 rings (SSSR count). The van der Waals surface area contributed by atoms with Gasteiger partial charge in [-0.05, 0) is 31.8 Å². The molecule has 1 saturated heterocycles. The summed E-state index contributed by atoms with van der Waals surface area (Å²) in [6.07, 6.45) is 2.78. The van der Waals surface area contributed by atoms with Gasteiger partial charge in [0.1, 0.15) is 11.2 Å². The molecule has 112 valence electrons. The average Bonchev–Trinajstić information content (AvgIpc) is 2.51. The highest BCUT2D eigenvalue weighted by Crippen LogP contribution is 2.57. The van der Waals surface area contributed by atoms with Crippen molar-refractivity contribution in [3.8, 4) is 0 Å². The second-order valence-corrected chi connectivity index (χ2v) is 6.06. The van der Waals surface area contributed by atoms with Gasteiger partial charge in [0, 0.05) is 22.0 Å². The maximum Gasteiger partial charge on any atom is 0.328 e. The molecule has 1 saturated carbocycles. The molecule has 5 heteroatoms. The molecule has 0 unspecified atom stereocenters. The molecule has 1 heterocycles. The van der Waals surface area contributed by atoms with E-state index in [2.05, 4.69) is 0 Å². The first kappa shape index (κ1) is 11.5. The number of fused-ring (bicyclic) bond motifs is 2. The summed E-state index contributed by atoms with van der Waals surface area (Å²) in [4.78, 5) is 10.7. The van der Waals surface area contributed by atoms with E-state index in [1.54, 1.807) is 13.8 Å². The SMILES string of the molecule is [2H]C([2H])([2H])[C@]12C[C@H](O)C[C@](C)(CO1)[C@@]2(O)/C=C/C(C)=C\C(=O)O. The zero-order valence-electron chi connectivity index (χ0n) is 14.6. The van der Waals surface area contributed by atoms with Gasteiger partial charge in [-0.3, -0.25) is 0 Å². The molecule has 0 spiro atoms. The lowest BCUT2D eigenvalue weighted by Gasteiger charge is -2.49. The van der Waals surface area contributed by atoms with Gasteiger partial charge in [0.2, 0.25) is 0 Å². The summed E-state index contributed by atoms with van der Waals surface area (Å²) in [6, 6.07) is 0. The highest BCUT2D eigenvalue weighted by molar-refractivity contribution is 5.81. The van der Waals surface area contributed by atoms with Crippen LogP contribution in [0.4, 0.5) is 0 Å². The number of rotatable bonds is 3. The molecular weight excluding hydrogens is 260 g/mol. The largest absolute Gasteiger partial charge is 0.478 e. The van der Waals surface area contributed by atoms with Crippen LogP contribution < -0.4 is 0 Å². The molecule has 1 aliphatic carbocycles. The fourth-order valence-corrected chi connectivity index (χ4v) is 3.17. The lowest BCUT2D eigenvalue weighted by Crippen LogP contribution is -2.60. The first-order chi connectivity index (χ1) is 10.4. The van der Waals surface area contributed by atoms with Gasteiger partial charge in [-0.25, -0.2) is 4.79 Å². The maximum absolute atomic E-state index is 11.3. The van der Waals surface area contributed by atoms with Crippen LogP contribution in [-0.2, 0) is 9.53 Å². The normalized spacial score (nSPS) is 47.9. The van der Waals surface area contributed by atoms with Gasteiger partial charge in [-0.2, -0.15) is 0 Å². The number of aliphatic carboxylic acids is 1. The first-order valence-corrected chi connectivity index (χ1v) is 6.52. The summed E-state index contributed by atoms with van der Waals surface area (Å²) in [5, 5.41) is 30.1. The molecule has 0 amide bonds. The number of carboxylic acid groups (broad SMARTS) is 1. The van der Waals surface area contributed by atoms with E-state index < -0.39 is 35.5 Å². The van der Waals surface area contributed by atoms with Crippen LogP contribution in [0.2, 0.25) is 0 Å². The number of allylic oxidation sites excluding steroid dienone is 2. The standard InChI is InChI=1S/C15H22O5/c1-10(6-12(17)18)4-5-15(19)13(2)7-11(16)8-14(15,3)20-9-13/h4-6,11,16,19H,7-9H2,1-3H3,(H,17,18)/b5-4+,10-6-/t11-,13-,14-,15+/m1/s1/i3D3. The Bertz CT molecular complexity index is 570. The predicted molar refractivity (Wildman–Crippen MR) is 73.2 cm³/mol. The second kappa shape index (κ2) is 4.69. The van der Waals surface area contributed by atoms with Crippen molar-refractivity contribution >= 4 is 5.97 Å². The summed E-state index contributed by atoms with van der Waals surface area (Å²) in [5.41, 5.74) is -4.36. The Labute approximate surface area is 122 Å². The molecule has 3 N–H and O–H groups in total. The highest BCUT2D eigenvalue weighted by atomic mass is 16.5. The number of aliphatic hydroxyl groups excluding tert-OH is 1. The zero-order chi connectivity index (χ0) is 17.7. The summed E-state index contributed by atoms with van der Waals surface area (Å²) in [7, 11) is 0. The van der Waals surface area contributed by atoms with Crippen LogP contribution in [0.25, 0.3) is 0 Å². The van der Waals surface area contributed by atoms with Gasteiger partial charge in [-0.15, -0.1) is 0 Å². The molecule has 0 aromatic heterocycles. The van der Waals surface area contributed by atoms with E-state index in [0.29, 0.717) is 5.57 Å². The fraction of sp³-hybridized carbons (Fsp3) is 0.667. The van der Waals surface area contributed by atoms with Crippen LogP contribution in [0.1, 0.15) is 37.7 Å². The van der Waals surface area contributed by atoms with Crippen LogP contribution in [0.3, 0.4) is 0 Å². The number of aliphatic hydroxyl groups is 2. The third kappa shape index (κ3) is 2.20. The van der Waals surface area contributed by atoms with Crippen molar-refractivity contribution in [3.05, 3.63) is 23.8 Å². The van der Waals surface area contributed by atoms with Crippen LogP contribution in [0.15, 0.2) is 23.8 Å². The van der Waals surface area contributed by atoms with Crippen LogP contribution >= 0.6 is 0 Å². The first-order valence-electron chi connectivity index (χ1n) is 8.02. The number of carboxylic acids is 1. The quantitative estimate of drug-likeness (QED) is 0.537. The zero-order valence-corrected chi connectivity index (χ0v) is 11.6. The third-order valence-corrected chi connectivity index (χ3v) is 4.32. The Morgan fingerprint density at radius 3 is 2.80 bits per heavy atom. The predicted octanol–water partition coefficient (Wildman–Crippen LogP) is 1.25. The minimum absolute atomic E-state index is 0.00494. The van der Waals surface area contributed by atoms with E-state index in [1.165, 1.54) is 12.2 Å². The highest BCUT2D eigenvalue weighted by Gasteiger charge is 2.67. The van der Waals surface area contributed by atoms with Crippen LogP contribution in [-0.4, -0.2) is 45.2 Å². The summed E-state index contributed by atoms with van der Waals surface area (Å²) in [5.74, 6) is -1.13. The molecule has 2 fully saturated rings. The van der Waals surface area contributed by atoms with Gasteiger partial charge in [-0.1, -0.05) is 13.0 Å². The Balaban J connectivity index is 2.52. The summed E-state index contributed by atoms with van der Waals surface area (Å²) >= 11 is 0. The molecule has 20 heavy (non-hydrogen) atoms. The van der Waals surface area contributed by atoms with E-state index in [4.69, 9.17) is 14.0 Å². The smallest absolute Gasteiger partial charge is 0.328 e. The van der Waals surface area contributed by atoms with Crippen molar-refractivity contribution in [2.45, 2.75) is 50.8 Å².